The van der Waals surface area contributed by atoms with Crippen molar-refractivity contribution in [1.29, 1.82) is 0 Å². The van der Waals surface area contributed by atoms with Crippen LogP contribution in [0, 0.1) is 0 Å². The van der Waals surface area contributed by atoms with Gasteiger partial charge in [-0.15, -0.1) is 0 Å². The Morgan fingerprint density at radius 1 is 0.679 bits per heavy atom. The largest absolute Gasteiger partial charge is 0.463 e. The highest BCUT2D eigenvalue weighted by molar-refractivity contribution is 5.94. The summed E-state index contributed by atoms with van der Waals surface area (Å²) in [4.78, 5) is 21.9. The predicted octanol–water partition coefficient (Wildman–Crippen LogP) is 6.56. The fraction of sp³-hybridized carbons (Fsp3) is 0.833. The van der Waals surface area contributed by atoms with E-state index in [1.54, 1.807) is 0 Å². The summed E-state index contributed by atoms with van der Waals surface area (Å²) in [5.74, 6) is -0.636. The maximum Gasteiger partial charge on any atom is 0.313 e. The van der Waals surface area contributed by atoms with Gasteiger partial charge in [0, 0.05) is 6.61 Å². The zero-order valence-corrected chi connectivity index (χ0v) is 18.5. The van der Waals surface area contributed by atoms with Gasteiger partial charge in [-0.3, -0.25) is 9.59 Å². The molecule has 0 aliphatic carbocycles. The number of carbonyl (C=O) groups excluding carboxylic acids is 2. The molecule has 4 heteroatoms. The number of unbranched alkanes of at least 4 members (excludes halogenated alkanes) is 12. The fourth-order valence-corrected chi connectivity index (χ4v) is 3.02. The molecule has 0 rings (SSSR count). The van der Waals surface area contributed by atoms with Gasteiger partial charge in [-0.1, -0.05) is 76.9 Å². The van der Waals surface area contributed by atoms with E-state index in [-0.39, 0.29) is 18.8 Å². The number of Topliss-reactive ketones (excluding diaryl/α,β-unsaturated/α-hetero) is 1. The highest BCUT2D eigenvalue weighted by Gasteiger charge is 2.05. The zero-order chi connectivity index (χ0) is 20.7. The first-order valence-corrected chi connectivity index (χ1v) is 11.5. The van der Waals surface area contributed by atoms with Crippen LogP contribution in [0.15, 0.2) is 12.2 Å². The second-order valence-electron chi connectivity index (χ2n) is 7.65. The average Bonchev–Trinajstić information content (AvgIpc) is 2.66. The molecule has 0 amide bonds. The Labute approximate surface area is 173 Å². The van der Waals surface area contributed by atoms with E-state index in [4.69, 9.17) is 9.47 Å². The van der Waals surface area contributed by atoms with Gasteiger partial charge >= 0.3 is 5.97 Å². The summed E-state index contributed by atoms with van der Waals surface area (Å²) in [5, 5.41) is 0. The van der Waals surface area contributed by atoms with Gasteiger partial charge in [-0.2, -0.15) is 0 Å². The van der Waals surface area contributed by atoms with Crippen molar-refractivity contribution in [1.82, 2.24) is 0 Å². The highest BCUT2D eigenvalue weighted by atomic mass is 16.6. The SMILES string of the molecule is CCCCCCCCC=CCCCCCCCCOCCOC(=O)CC(C)=O. The smallest absolute Gasteiger partial charge is 0.313 e. The number of ether oxygens (including phenoxy) is 2. The standard InChI is InChI=1S/C24H44O4/c1-3-4-5-6-7-8-9-10-11-12-13-14-15-16-17-18-19-27-20-21-28-24(26)22-23(2)25/h10-11H,3-9,12-22H2,1-2H3. The van der Waals surface area contributed by atoms with Crippen molar-refractivity contribution in [3.8, 4) is 0 Å². The van der Waals surface area contributed by atoms with E-state index >= 15 is 0 Å². The molecule has 0 aromatic carbocycles. The van der Waals surface area contributed by atoms with Crippen LogP contribution in [-0.4, -0.2) is 31.6 Å². The number of esters is 1. The minimum absolute atomic E-state index is 0.144. The Kier molecular flexibility index (Phi) is 21.2. The lowest BCUT2D eigenvalue weighted by atomic mass is 10.1. The van der Waals surface area contributed by atoms with Crippen LogP contribution in [-0.2, 0) is 19.1 Å². The third kappa shape index (κ3) is 22.9. The predicted molar refractivity (Wildman–Crippen MR) is 117 cm³/mol. The molecule has 4 nitrogen and oxygen atoms in total. The Morgan fingerprint density at radius 2 is 1.21 bits per heavy atom. The molecule has 0 spiro atoms. The number of hydrogen-bond acceptors (Lipinski definition) is 4. The van der Waals surface area contributed by atoms with Crippen LogP contribution < -0.4 is 0 Å². The maximum atomic E-state index is 11.1. The summed E-state index contributed by atoms with van der Waals surface area (Å²) >= 11 is 0. The topological polar surface area (TPSA) is 52.6 Å². The van der Waals surface area contributed by atoms with Crippen molar-refractivity contribution < 1.29 is 19.1 Å². The van der Waals surface area contributed by atoms with Crippen LogP contribution in [0.3, 0.4) is 0 Å². The summed E-state index contributed by atoms with van der Waals surface area (Å²) < 4.78 is 10.3. The molecule has 0 saturated heterocycles. The van der Waals surface area contributed by atoms with Crippen LogP contribution >= 0.6 is 0 Å². The summed E-state index contributed by atoms with van der Waals surface area (Å²) in [7, 11) is 0. The maximum absolute atomic E-state index is 11.1. The van der Waals surface area contributed by atoms with E-state index in [1.807, 2.05) is 0 Å². The molecule has 0 aliphatic rings. The lowest BCUT2D eigenvalue weighted by Gasteiger charge is -2.05. The quantitative estimate of drug-likeness (QED) is 0.0953. The van der Waals surface area contributed by atoms with Gasteiger partial charge in [0.05, 0.1) is 6.61 Å². The van der Waals surface area contributed by atoms with Crippen molar-refractivity contribution in [2.24, 2.45) is 0 Å². The molecule has 0 atom stereocenters. The molecule has 0 aromatic heterocycles. The second kappa shape index (κ2) is 22.1. The molecule has 0 unspecified atom stereocenters. The molecule has 0 N–H and O–H groups in total. The first-order chi connectivity index (χ1) is 13.7. The zero-order valence-electron chi connectivity index (χ0n) is 18.5. The number of carbonyl (C=O) groups is 2. The molecule has 0 heterocycles. The normalized spacial score (nSPS) is 11.2. The minimum Gasteiger partial charge on any atom is -0.463 e. The molecule has 0 aliphatic heterocycles. The molecular formula is C24H44O4. The lowest BCUT2D eigenvalue weighted by Crippen LogP contribution is -2.13. The number of ketones is 1. The summed E-state index contributed by atoms with van der Waals surface area (Å²) in [5.41, 5.74) is 0. The van der Waals surface area contributed by atoms with Gasteiger partial charge in [0.15, 0.2) is 0 Å². The summed E-state index contributed by atoms with van der Waals surface area (Å²) in [6, 6.07) is 0. The Hall–Kier alpha value is -1.16. The van der Waals surface area contributed by atoms with E-state index in [1.165, 1.54) is 90.4 Å². The molecule has 0 aromatic rings. The van der Waals surface area contributed by atoms with Gasteiger partial charge in [0.25, 0.3) is 0 Å². The molecular weight excluding hydrogens is 352 g/mol. The van der Waals surface area contributed by atoms with Gasteiger partial charge in [-0.05, 0) is 39.0 Å². The van der Waals surface area contributed by atoms with E-state index < -0.39 is 5.97 Å². The van der Waals surface area contributed by atoms with Crippen LogP contribution in [0.5, 0.6) is 0 Å². The first kappa shape index (κ1) is 26.8. The average molecular weight is 397 g/mol. The highest BCUT2D eigenvalue weighted by Crippen LogP contribution is 2.10. The molecule has 0 saturated carbocycles. The van der Waals surface area contributed by atoms with E-state index in [0.29, 0.717) is 13.2 Å². The van der Waals surface area contributed by atoms with Crippen molar-refractivity contribution in [3.05, 3.63) is 12.2 Å². The van der Waals surface area contributed by atoms with Gasteiger partial charge in [0.1, 0.15) is 18.8 Å². The van der Waals surface area contributed by atoms with Gasteiger partial charge < -0.3 is 9.47 Å². The second-order valence-corrected chi connectivity index (χ2v) is 7.65. The van der Waals surface area contributed by atoms with E-state index in [2.05, 4.69) is 19.1 Å². The van der Waals surface area contributed by atoms with Crippen molar-refractivity contribution in [2.45, 2.75) is 110 Å². The van der Waals surface area contributed by atoms with E-state index in [9.17, 15) is 9.59 Å². The van der Waals surface area contributed by atoms with Crippen LogP contribution in [0.2, 0.25) is 0 Å². The van der Waals surface area contributed by atoms with Crippen LogP contribution in [0.1, 0.15) is 110 Å². The first-order valence-electron chi connectivity index (χ1n) is 11.5. The summed E-state index contributed by atoms with van der Waals surface area (Å²) in [6.07, 6.45) is 22.8. The van der Waals surface area contributed by atoms with Crippen molar-refractivity contribution in [3.63, 3.8) is 0 Å². The lowest BCUT2D eigenvalue weighted by molar-refractivity contribution is -0.147. The molecule has 28 heavy (non-hydrogen) atoms. The Balaban J connectivity index is 3.14. The van der Waals surface area contributed by atoms with Crippen molar-refractivity contribution >= 4 is 11.8 Å². The monoisotopic (exact) mass is 396 g/mol. The Bertz CT molecular complexity index is 390. The minimum atomic E-state index is -0.464. The number of rotatable bonds is 21. The molecule has 0 radical (unpaired) electrons. The number of hydrogen-bond donors (Lipinski definition) is 0. The Morgan fingerprint density at radius 3 is 1.79 bits per heavy atom. The molecule has 0 fully saturated rings. The molecule has 0 bridgehead atoms. The van der Waals surface area contributed by atoms with Gasteiger partial charge in [-0.25, -0.2) is 0 Å². The fourth-order valence-electron chi connectivity index (χ4n) is 3.02. The van der Waals surface area contributed by atoms with Crippen molar-refractivity contribution in [2.75, 3.05) is 19.8 Å². The third-order valence-electron chi connectivity index (χ3n) is 4.68. The number of allylic oxidation sites excluding steroid dienone is 2. The summed E-state index contributed by atoms with van der Waals surface area (Å²) in [6.45, 7) is 5.01. The van der Waals surface area contributed by atoms with Crippen LogP contribution in [0.25, 0.3) is 0 Å². The van der Waals surface area contributed by atoms with Gasteiger partial charge in [0.2, 0.25) is 0 Å². The van der Waals surface area contributed by atoms with Crippen LogP contribution in [0.4, 0.5) is 0 Å². The third-order valence-corrected chi connectivity index (χ3v) is 4.68. The van der Waals surface area contributed by atoms with E-state index in [0.717, 1.165) is 6.42 Å². The molecule has 164 valence electrons.